The summed E-state index contributed by atoms with van der Waals surface area (Å²) in [7, 11) is 1.68. The summed E-state index contributed by atoms with van der Waals surface area (Å²) in [6.07, 6.45) is 4.79. The lowest BCUT2D eigenvalue weighted by molar-refractivity contribution is 0.285. The second-order valence-electron chi connectivity index (χ2n) is 5.93. The molecule has 0 spiro atoms. The molecule has 0 aliphatic carbocycles. The minimum atomic E-state index is 0. The molecule has 0 radical (unpaired) electrons. The molecular weight excluding hydrogens is 340 g/mol. The van der Waals surface area contributed by atoms with Crippen molar-refractivity contribution in [2.75, 3.05) is 13.7 Å². The van der Waals surface area contributed by atoms with Crippen LogP contribution in [-0.4, -0.2) is 18.9 Å². The van der Waals surface area contributed by atoms with Gasteiger partial charge < -0.3 is 19.3 Å². The predicted molar refractivity (Wildman–Crippen MR) is 102 cm³/mol. The van der Waals surface area contributed by atoms with Gasteiger partial charge in [-0.3, -0.25) is 0 Å². The van der Waals surface area contributed by atoms with Crippen molar-refractivity contribution in [2.24, 2.45) is 0 Å². The summed E-state index contributed by atoms with van der Waals surface area (Å²) >= 11 is 0. The van der Waals surface area contributed by atoms with Gasteiger partial charge in [-0.25, -0.2) is 0 Å². The third-order valence-corrected chi connectivity index (χ3v) is 3.80. The summed E-state index contributed by atoms with van der Waals surface area (Å²) in [5, 5.41) is 7.32. The Balaban J connectivity index is 0.00000312. The van der Waals surface area contributed by atoms with E-state index in [-0.39, 0.29) is 12.4 Å². The van der Waals surface area contributed by atoms with Gasteiger partial charge in [0.15, 0.2) is 11.5 Å². The predicted octanol–water partition coefficient (Wildman–Crippen LogP) is 4.66. The van der Waals surface area contributed by atoms with E-state index in [4.69, 9.17) is 14.0 Å². The van der Waals surface area contributed by atoms with Gasteiger partial charge in [0.05, 0.1) is 19.4 Å². The van der Waals surface area contributed by atoms with Crippen LogP contribution < -0.4 is 14.8 Å². The van der Waals surface area contributed by atoms with Gasteiger partial charge in [-0.2, -0.15) is 0 Å². The van der Waals surface area contributed by atoms with Gasteiger partial charge in [-0.1, -0.05) is 37.4 Å². The van der Waals surface area contributed by atoms with Crippen molar-refractivity contribution in [1.82, 2.24) is 10.5 Å². The smallest absolute Gasteiger partial charge is 0.161 e. The average molecular weight is 369 g/mol. The second-order valence-corrected chi connectivity index (χ2v) is 5.93. The lowest BCUT2D eigenvalue weighted by Crippen LogP contribution is -2.13. The summed E-state index contributed by atoms with van der Waals surface area (Å²) in [5.74, 6) is 2.42. The van der Waals surface area contributed by atoms with E-state index in [1.54, 1.807) is 7.11 Å². The van der Waals surface area contributed by atoms with Crippen molar-refractivity contribution < 1.29 is 14.0 Å². The summed E-state index contributed by atoms with van der Waals surface area (Å²) < 4.78 is 16.3. The summed E-state index contributed by atoms with van der Waals surface area (Å²) in [5.41, 5.74) is 2.05. The van der Waals surface area contributed by atoms with Crippen LogP contribution in [-0.2, 0) is 13.1 Å². The monoisotopic (exact) mass is 368 g/mol. The standard InChI is InChI=1S/C19H28N2O3.ClH/c1-4-5-6-7-10-23-18-9-8-16(12-19(18)22-3)13-20-14-17-11-15(2)24-21-17;/h8-9,11-12,20H,4-7,10,13-14H2,1-3H3;1H. The lowest BCUT2D eigenvalue weighted by Gasteiger charge is -2.12. The van der Waals surface area contributed by atoms with Crippen molar-refractivity contribution in [3.05, 3.63) is 41.3 Å². The molecule has 1 aromatic heterocycles. The van der Waals surface area contributed by atoms with Gasteiger partial charge in [0.2, 0.25) is 0 Å². The maximum atomic E-state index is 5.84. The number of aryl methyl sites for hydroxylation is 1. The summed E-state index contributed by atoms with van der Waals surface area (Å²) in [6, 6.07) is 7.99. The molecule has 2 aromatic rings. The minimum absolute atomic E-state index is 0. The molecule has 140 valence electrons. The first-order chi connectivity index (χ1) is 11.7. The normalized spacial score (nSPS) is 10.4. The Bertz CT molecular complexity index is 616. The van der Waals surface area contributed by atoms with E-state index >= 15 is 0 Å². The maximum Gasteiger partial charge on any atom is 0.161 e. The molecule has 2 rings (SSSR count). The SMILES string of the molecule is CCCCCCOc1ccc(CNCc2cc(C)on2)cc1OC.Cl. The van der Waals surface area contributed by atoms with Crippen molar-refractivity contribution in [3.63, 3.8) is 0 Å². The van der Waals surface area contributed by atoms with Crippen LogP contribution in [0, 0.1) is 6.92 Å². The van der Waals surface area contributed by atoms with E-state index in [9.17, 15) is 0 Å². The van der Waals surface area contributed by atoms with E-state index in [0.29, 0.717) is 6.54 Å². The van der Waals surface area contributed by atoms with Crippen LogP contribution in [0.5, 0.6) is 11.5 Å². The summed E-state index contributed by atoms with van der Waals surface area (Å²) in [4.78, 5) is 0. The van der Waals surface area contributed by atoms with E-state index in [2.05, 4.69) is 23.5 Å². The van der Waals surface area contributed by atoms with Gasteiger partial charge in [0.25, 0.3) is 0 Å². The molecule has 1 heterocycles. The van der Waals surface area contributed by atoms with Crippen LogP contribution in [0.25, 0.3) is 0 Å². The first-order valence-corrected chi connectivity index (χ1v) is 8.65. The quantitative estimate of drug-likeness (QED) is 0.584. The highest BCUT2D eigenvalue weighted by atomic mass is 35.5. The molecular formula is C19H29ClN2O3. The molecule has 1 N–H and O–H groups in total. The number of rotatable bonds is 11. The molecule has 6 heteroatoms. The number of benzene rings is 1. The van der Waals surface area contributed by atoms with Crippen LogP contribution in [0.4, 0.5) is 0 Å². The van der Waals surface area contributed by atoms with Gasteiger partial charge in [0, 0.05) is 19.2 Å². The zero-order chi connectivity index (χ0) is 17.2. The number of halogens is 1. The third kappa shape index (κ3) is 7.36. The Morgan fingerprint density at radius 3 is 2.60 bits per heavy atom. The topological polar surface area (TPSA) is 56.5 Å². The van der Waals surface area contributed by atoms with E-state index in [1.807, 2.05) is 25.1 Å². The highest BCUT2D eigenvalue weighted by Gasteiger charge is 2.06. The molecule has 0 fully saturated rings. The molecule has 5 nitrogen and oxygen atoms in total. The Kier molecular flexibility index (Phi) is 10.0. The average Bonchev–Trinajstić information content (AvgIpc) is 3.00. The molecule has 0 saturated heterocycles. The number of hydrogen-bond acceptors (Lipinski definition) is 5. The number of methoxy groups -OCH3 is 1. The molecule has 0 aliphatic rings. The zero-order valence-electron chi connectivity index (χ0n) is 15.3. The number of hydrogen-bond donors (Lipinski definition) is 1. The van der Waals surface area contributed by atoms with Gasteiger partial charge >= 0.3 is 0 Å². The van der Waals surface area contributed by atoms with Crippen molar-refractivity contribution in [2.45, 2.75) is 52.6 Å². The van der Waals surface area contributed by atoms with Gasteiger partial charge in [0.1, 0.15) is 5.76 Å². The Hall–Kier alpha value is -1.72. The largest absolute Gasteiger partial charge is 0.493 e. The number of nitrogens with one attached hydrogen (secondary N) is 1. The minimum Gasteiger partial charge on any atom is -0.493 e. The number of aromatic nitrogens is 1. The number of ether oxygens (including phenoxy) is 2. The lowest BCUT2D eigenvalue weighted by atomic mass is 10.2. The Morgan fingerprint density at radius 1 is 1.08 bits per heavy atom. The van der Waals surface area contributed by atoms with Crippen molar-refractivity contribution in [1.29, 1.82) is 0 Å². The van der Waals surface area contributed by atoms with Gasteiger partial charge in [-0.05, 0) is 31.0 Å². The Labute approximate surface area is 156 Å². The third-order valence-electron chi connectivity index (χ3n) is 3.80. The molecule has 0 unspecified atom stereocenters. The molecule has 0 amide bonds. The maximum absolute atomic E-state index is 5.84. The molecule has 25 heavy (non-hydrogen) atoms. The first-order valence-electron chi connectivity index (χ1n) is 8.65. The Morgan fingerprint density at radius 2 is 1.92 bits per heavy atom. The highest BCUT2D eigenvalue weighted by Crippen LogP contribution is 2.28. The number of nitrogens with zero attached hydrogens (tertiary/aromatic N) is 1. The van der Waals surface area contributed by atoms with E-state index in [0.717, 1.165) is 48.1 Å². The van der Waals surface area contributed by atoms with Crippen molar-refractivity contribution in [3.8, 4) is 11.5 Å². The molecule has 0 saturated carbocycles. The fourth-order valence-electron chi connectivity index (χ4n) is 2.49. The molecule has 0 atom stereocenters. The van der Waals surface area contributed by atoms with E-state index < -0.39 is 0 Å². The fourth-order valence-corrected chi connectivity index (χ4v) is 2.49. The van der Waals surface area contributed by atoms with Crippen LogP contribution in [0.3, 0.4) is 0 Å². The van der Waals surface area contributed by atoms with E-state index in [1.165, 1.54) is 19.3 Å². The molecule has 1 aromatic carbocycles. The van der Waals surface area contributed by atoms with Crippen LogP contribution in [0.15, 0.2) is 28.8 Å². The first kappa shape index (κ1) is 21.3. The fraction of sp³-hybridized carbons (Fsp3) is 0.526. The summed E-state index contributed by atoms with van der Waals surface area (Å²) in [6.45, 7) is 6.25. The van der Waals surface area contributed by atoms with Crippen LogP contribution >= 0.6 is 12.4 Å². The van der Waals surface area contributed by atoms with Gasteiger partial charge in [-0.15, -0.1) is 12.4 Å². The second kappa shape index (κ2) is 11.8. The zero-order valence-corrected chi connectivity index (χ0v) is 16.2. The number of unbranched alkanes of at least 4 members (excludes halogenated alkanes) is 3. The molecule has 0 aliphatic heterocycles. The highest BCUT2D eigenvalue weighted by molar-refractivity contribution is 5.85. The van der Waals surface area contributed by atoms with Crippen LogP contribution in [0.1, 0.15) is 49.6 Å². The molecule has 0 bridgehead atoms. The van der Waals surface area contributed by atoms with Crippen molar-refractivity contribution >= 4 is 12.4 Å². The van der Waals surface area contributed by atoms with Crippen LogP contribution in [0.2, 0.25) is 0 Å².